The highest BCUT2D eigenvalue weighted by Gasteiger charge is 2.20. The zero-order chi connectivity index (χ0) is 15.6. The molecule has 0 amide bonds. The smallest absolute Gasteiger partial charge is 0.170 e. The van der Waals surface area contributed by atoms with Crippen LogP contribution in [-0.2, 0) is 0 Å². The summed E-state index contributed by atoms with van der Waals surface area (Å²) in [6.07, 6.45) is 0. The van der Waals surface area contributed by atoms with E-state index in [0.29, 0.717) is 5.56 Å². The first kappa shape index (κ1) is 15.2. The summed E-state index contributed by atoms with van der Waals surface area (Å²) in [7, 11) is 0. The molecule has 2 aromatic carbocycles. The van der Waals surface area contributed by atoms with E-state index in [0.717, 1.165) is 22.3 Å². The highest BCUT2D eigenvalue weighted by Crippen LogP contribution is 2.25. The first-order valence-electron chi connectivity index (χ1n) is 7.13. The minimum atomic E-state index is -0.217. The standard InChI is InChI=1S/C19H20O2/c1-12-6-5-7-13(2)18(12)19(21)14(3)16-8-10-17(11-9-16)15(4)20/h5-11,14H,1-4H3. The third-order valence-corrected chi connectivity index (χ3v) is 3.94. The fourth-order valence-corrected chi connectivity index (χ4v) is 2.58. The van der Waals surface area contributed by atoms with E-state index in [9.17, 15) is 9.59 Å². The van der Waals surface area contributed by atoms with E-state index < -0.39 is 0 Å². The van der Waals surface area contributed by atoms with Crippen LogP contribution in [0.15, 0.2) is 42.5 Å². The number of benzene rings is 2. The number of hydrogen-bond acceptors (Lipinski definition) is 2. The molecule has 0 N–H and O–H groups in total. The molecule has 2 heteroatoms. The van der Waals surface area contributed by atoms with Crippen molar-refractivity contribution >= 4 is 11.6 Å². The Hall–Kier alpha value is -2.22. The van der Waals surface area contributed by atoms with E-state index in [1.54, 1.807) is 19.1 Å². The van der Waals surface area contributed by atoms with Gasteiger partial charge in [0.25, 0.3) is 0 Å². The average molecular weight is 280 g/mol. The first-order valence-corrected chi connectivity index (χ1v) is 7.13. The van der Waals surface area contributed by atoms with Gasteiger partial charge in [-0.1, -0.05) is 49.4 Å². The van der Waals surface area contributed by atoms with Crippen molar-refractivity contribution in [2.24, 2.45) is 0 Å². The fourth-order valence-electron chi connectivity index (χ4n) is 2.58. The van der Waals surface area contributed by atoms with Crippen LogP contribution < -0.4 is 0 Å². The second-order valence-electron chi connectivity index (χ2n) is 5.53. The lowest BCUT2D eigenvalue weighted by Crippen LogP contribution is -2.13. The number of ketones is 2. The molecule has 21 heavy (non-hydrogen) atoms. The maximum absolute atomic E-state index is 12.7. The highest BCUT2D eigenvalue weighted by atomic mass is 16.1. The van der Waals surface area contributed by atoms with Crippen molar-refractivity contribution in [1.29, 1.82) is 0 Å². The molecule has 2 nitrogen and oxygen atoms in total. The summed E-state index contributed by atoms with van der Waals surface area (Å²) >= 11 is 0. The molecule has 0 radical (unpaired) electrons. The molecule has 0 aliphatic carbocycles. The summed E-state index contributed by atoms with van der Waals surface area (Å²) in [5.41, 5.74) is 4.43. The topological polar surface area (TPSA) is 34.1 Å². The fraction of sp³-hybridized carbons (Fsp3) is 0.263. The van der Waals surface area contributed by atoms with Gasteiger partial charge in [-0.2, -0.15) is 0 Å². The summed E-state index contributed by atoms with van der Waals surface area (Å²) in [6.45, 7) is 7.38. The minimum absolute atomic E-state index is 0.0373. The van der Waals surface area contributed by atoms with E-state index in [2.05, 4.69) is 0 Å². The van der Waals surface area contributed by atoms with Crippen LogP contribution in [0, 0.1) is 13.8 Å². The largest absolute Gasteiger partial charge is 0.295 e. The Balaban J connectivity index is 2.33. The van der Waals surface area contributed by atoms with Gasteiger partial charge in [0, 0.05) is 17.0 Å². The Bertz CT molecular complexity index is 661. The van der Waals surface area contributed by atoms with Gasteiger partial charge in [0.05, 0.1) is 0 Å². The lowest BCUT2D eigenvalue weighted by molar-refractivity contribution is 0.0964. The molecule has 0 aliphatic heterocycles. The molecule has 0 saturated heterocycles. The zero-order valence-corrected chi connectivity index (χ0v) is 12.9. The Labute approximate surface area is 125 Å². The van der Waals surface area contributed by atoms with Crippen LogP contribution in [0.5, 0.6) is 0 Å². The third kappa shape index (κ3) is 3.10. The van der Waals surface area contributed by atoms with Crippen molar-refractivity contribution in [1.82, 2.24) is 0 Å². The van der Waals surface area contributed by atoms with E-state index in [1.807, 2.05) is 51.1 Å². The van der Waals surface area contributed by atoms with Gasteiger partial charge >= 0.3 is 0 Å². The lowest BCUT2D eigenvalue weighted by Gasteiger charge is -2.15. The normalized spacial score (nSPS) is 12.0. The van der Waals surface area contributed by atoms with Crippen LogP contribution in [0.1, 0.15) is 57.2 Å². The molecule has 2 rings (SSSR count). The quantitative estimate of drug-likeness (QED) is 0.773. The van der Waals surface area contributed by atoms with Gasteiger partial charge in [0.2, 0.25) is 0 Å². The summed E-state index contributed by atoms with van der Waals surface area (Å²) in [5.74, 6) is -0.0535. The van der Waals surface area contributed by atoms with Crippen molar-refractivity contribution in [3.8, 4) is 0 Å². The molecule has 0 heterocycles. The summed E-state index contributed by atoms with van der Waals surface area (Å²) in [4.78, 5) is 24.0. The van der Waals surface area contributed by atoms with Crippen LogP contribution in [-0.4, -0.2) is 11.6 Å². The minimum Gasteiger partial charge on any atom is -0.295 e. The predicted octanol–water partition coefficient (Wildman–Crippen LogP) is 4.49. The van der Waals surface area contributed by atoms with Crippen molar-refractivity contribution in [2.45, 2.75) is 33.6 Å². The van der Waals surface area contributed by atoms with Crippen LogP contribution in [0.25, 0.3) is 0 Å². The van der Waals surface area contributed by atoms with Crippen molar-refractivity contribution in [3.63, 3.8) is 0 Å². The Morgan fingerprint density at radius 1 is 0.905 bits per heavy atom. The Morgan fingerprint density at radius 2 is 1.43 bits per heavy atom. The van der Waals surface area contributed by atoms with Crippen LogP contribution in [0.2, 0.25) is 0 Å². The monoisotopic (exact) mass is 280 g/mol. The van der Waals surface area contributed by atoms with E-state index in [1.165, 1.54) is 0 Å². The molecule has 1 atom stereocenters. The van der Waals surface area contributed by atoms with Gasteiger partial charge in [0.1, 0.15) is 0 Å². The number of carbonyl (C=O) groups is 2. The van der Waals surface area contributed by atoms with E-state index >= 15 is 0 Å². The van der Waals surface area contributed by atoms with E-state index in [4.69, 9.17) is 0 Å². The van der Waals surface area contributed by atoms with Crippen LogP contribution in [0.4, 0.5) is 0 Å². The van der Waals surface area contributed by atoms with Gasteiger partial charge in [-0.25, -0.2) is 0 Å². The Morgan fingerprint density at radius 3 is 1.90 bits per heavy atom. The van der Waals surface area contributed by atoms with Gasteiger partial charge in [-0.3, -0.25) is 9.59 Å². The number of carbonyl (C=O) groups excluding carboxylic acids is 2. The third-order valence-electron chi connectivity index (χ3n) is 3.94. The number of rotatable bonds is 4. The van der Waals surface area contributed by atoms with Crippen molar-refractivity contribution in [2.75, 3.05) is 0 Å². The molecule has 0 aliphatic rings. The second kappa shape index (κ2) is 6.04. The molecule has 108 valence electrons. The zero-order valence-electron chi connectivity index (χ0n) is 12.9. The van der Waals surface area contributed by atoms with Crippen molar-refractivity contribution in [3.05, 3.63) is 70.3 Å². The molecule has 1 unspecified atom stereocenters. The molecular formula is C19H20O2. The molecular weight excluding hydrogens is 260 g/mol. The summed E-state index contributed by atoms with van der Waals surface area (Å²) in [5, 5.41) is 0. The van der Waals surface area contributed by atoms with Gasteiger partial charge in [-0.05, 0) is 37.5 Å². The van der Waals surface area contributed by atoms with Gasteiger partial charge in [0.15, 0.2) is 11.6 Å². The van der Waals surface area contributed by atoms with Gasteiger partial charge < -0.3 is 0 Å². The SMILES string of the molecule is CC(=O)c1ccc(C(C)C(=O)c2c(C)cccc2C)cc1. The predicted molar refractivity (Wildman–Crippen MR) is 85.1 cm³/mol. The van der Waals surface area contributed by atoms with E-state index in [-0.39, 0.29) is 17.5 Å². The van der Waals surface area contributed by atoms with Gasteiger partial charge in [-0.15, -0.1) is 0 Å². The molecule has 0 bridgehead atoms. The molecule has 2 aromatic rings. The maximum Gasteiger partial charge on any atom is 0.170 e. The average Bonchev–Trinajstić information content (AvgIpc) is 2.46. The van der Waals surface area contributed by atoms with Crippen LogP contribution in [0.3, 0.4) is 0 Å². The van der Waals surface area contributed by atoms with Crippen LogP contribution >= 0.6 is 0 Å². The Kier molecular flexibility index (Phi) is 4.37. The number of aryl methyl sites for hydroxylation is 2. The molecule has 0 fully saturated rings. The first-order chi connectivity index (χ1) is 9.91. The summed E-state index contributed by atoms with van der Waals surface area (Å²) in [6, 6.07) is 13.2. The lowest BCUT2D eigenvalue weighted by atomic mass is 9.87. The maximum atomic E-state index is 12.7. The number of hydrogen-bond donors (Lipinski definition) is 0. The molecule has 0 spiro atoms. The highest BCUT2D eigenvalue weighted by molar-refractivity contribution is 6.03. The molecule has 0 saturated carbocycles. The number of Topliss-reactive ketones (excluding diaryl/α,β-unsaturated/α-hetero) is 2. The van der Waals surface area contributed by atoms with Crippen molar-refractivity contribution < 1.29 is 9.59 Å². The summed E-state index contributed by atoms with van der Waals surface area (Å²) < 4.78 is 0. The second-order valence-corrected chi connectivity index (χ2v) is 5.53. The molecule has 0 aromatic heterocycles.